The SMILES string of the molecule is CC(C)S(=O)(=O)NC1CC=C(B2OC(C)(C)C(C)(C)O2)CC1. The van der Waals surface area contributed by atoms with E-state index in [1.165, 1.54) is 0 Å². The summed E-state index contributed by atoms with van der Waals surface area (Å²) in [5.74, 6) is 0. The third kappa shape index (κ3) is 3.58. The van der Waals surface area contributed by atoms with Crippen LogP contribution in [0.4, 0.5) is 0 Å². The smallest absolute Gasteiger partial charge is 0.400 e. The summed E-state index contributed by atoms with van der Waals surface area (Å²) in [5, 5.41) is -0.402. The first-order valence-corrected chi connectivity index (χ1v) is 9.55. The van der Waals surface area contributed by atoms with Gasteiger partial charge in [-0.05, 0) is 66.3 Å². The molecule has 1 aliphatic heterocycles. The normalized spacial score (nSPS) is 28.0. The molecule has 1 fully saturated rings. The molecular formula is C15H28BNO4S. The lowest BCUT2D eigenvalue weighted by Crippen LogP contribution is -2.41. The molecule has 0 bridgehead atoms. The second-order valence-corrected chi connectivity index (χ2v) is 9.82. The molecule has 1 atom stereocenters. The summed E-state index contributed by atoms with van der Waals surface area (Å²) >= 11 is 0. The lowest BCUT2D eigenvalue weighted by molar-refractivity contribution is 0.00578. The molecule has 0 aromatic heterocycles. The van der Waals surface area contributed by atoms with E-state index in [1.54, 1.807) is 13.8 Å². The molecule has 2 aliphatic rings. The number of sulfonamides is 1. The fourth-order valence-corrected chi connectivity index (χ4v) is 3.49. The Morgan fingerprint density at radius 3 is 2.18 bits per heavy atom. The van der Waals surface area contributed by atoms with Gasteiger partial charge in [-0.2, -0.15) is 0 Å². The molecule has 1 aliphatic carbocycles. The lowest BCUT2D eigenvalue weighted by Gasteiger charge is -2.32. The van der Waals surface area contributed by atoms with E-state index in [2.05, 4.69) is 10.8 Å². The molecule has 7 heteroatoms. The maximum Gasteiger partial charge on any atom is 0.490 e. The first-order chi connectivity index (χ1) is 9.95. The van der Waals surface area contributed by atoms with Crippen LogP contribution < -0.4 is 4.72 Å². The highest BCUT2D eigenvalue weighted by molar-refractivity contribution is 7.90. The second kappa shape index (κ2) is 5.93. The van der Waals surface area contributed by atoms with Gasteiger partial charge in [0.2, 0.25) is 10.0 Å². The molecule has 0 saturated carbocycles. The van der Waals surface area contributed by atoms with Crippen molar-refractivity contribution in [3.8, 4) is 0 Å². The molecule has 1 saturated heterocycles. The van der Waals surface area contributed by atoms with Crippen LogP contribution in [0.25, 0.3) is 0 Å². The maximum atomic E-state index is 11.9. The summed E-state index contributed by atoms with van der Waals surface area (Å²) in [6.07, 6.45) is 4.33. The summed E-state index contributed by atoms with van der Waals surface area (Å²) < 4.78 is 38.7. The van der Waals surface area contributed by atoms with Gasteiger partial charge in [0.05, 0.1) is 16.5 Å². The summed E-state index contributed by atoms with van der Waals surface area (Å²) in [6.45, 7) is 11.5. The Morgan fingerprint density at radius 1 is 1.23 bits per heavy atom. The van der Waals surface area contributed by atoms with Gasteiger partial charge >= 0.3 is 7.12 Å². The fraction of sp³-hybridized carbons (Fsp3) is 0.867. The fourth-order valence-electron chi connectivity index (χ4n) is 2.54. The van der Waals surface area contributed by atoms with Crippen LogP contribution >= 0.6 is 0 Å². The molecule has 2 rings (SSSR count). The Balaban J connectivity index is 1.99. The van der Waals surface area contributed by atoms with E-state index in [9.17, 15) is 8.42 Å². The molecule has 0 radical (unpaired) electrons. The Hall–Kier alpha value is -0.365. The largest absolute Gasteiger partial charge is 0.490 e. The van der Waals surface area contributed by atoms with E-state index >= 15 is 0 Å². The van der Waals surface area contributed by atoms with Gasteiger partial charge in [0.15, 0.2) is 0 Å². The minimum atomic E-state index is -3.21. The molecule has 0 aromatic carbocycles. The molecule has 1 heterocycles. The van der Waals surface area contributed by atoms with E-state index in [0.717, 1.165) is 18.3 Å². The van der Waals surface area contributed by atoms with Crippen LogP contribution in [0.5, 0.6) is 0 Å². The number of hydrogen-bond donors (Lipinski definition) is 1. The summed E-state index contributed by atoms with van der Waals surface area (Å²) in [6, 6.07) is -0.0291. The molecule has 0 spiro atoms. The average molecular weight is 329 g/mol. The van der Waals surface area contributed by atoms with Gasteiger partial charge < -0.3 is 9.31 Å². The van der Waals surface area contributed by atoms with Crippen LogP contribution in [0.2, 0.25) is 0 Å². The quantitative estimate of drug-likeness (QED) is 0.805. The van der Waals surface area contributed by atoms with E-state index in [4.69, 9.17) is 9.31 Å². The van der Waals surface area contributed by atoms with Crippen molar-refractivity contribution in [2.24, 2.45) is 0 Å². The molecule has 22 heavy (non-hydrogen) atoms. The molecular weight excluding hydrogens is 301 g/mol. The number of rotatable bonds is 4. The number of nitrogens with one attached hydrogen (secondary N) is 1. The van der Waals surface area contributed by atoms with Crippen molar-refractivity contribution >= 4 is 17.1 Å². The highest BCUT2D eigenvalue weighted by Crippen LogP contribution is 2.40. The van der Waals surface area contributed by atoms with Gasteiger partial charge in [0.1, 0.15) is 0 Å². The van der Waals surface area contributed by atoms with Gasteiger partial charge in [-0.15, -0.1) is 0 Å². The van der Waals surface area contributed by atoms with Crippen molar-refractivity contribution < 1.29 is 17.7 Å². The second-order valence-electron chi connectivity index (χ2n) is 7.55. The van der Waals surface area contributed by atoms with Crippen molar-refractivity contribution in [1.29, 1.82) is 0 Å². The van der Waals surface area contributed by atoms with Gasteiger partial charge in [0.25, 0.3) is 0 Å². The summed E-state index contributed by atoms with van der Waals surface area (Å²) in [5.41, 5.74) is 0.446. The first-order valence-electron chi connectivity index (χ1n) is 8.00. The topological polar surface area (TPSA) is 64.6 Å². The van der Waals surface area contributed by atoms with Crippen molar-refractivity contribution in [2.45, 2.75) is 83.3 Å². The summed E-state index contributed by atoms with van der Waals surface area (Å²) in [7, 11) is -3.53. The molecule has 0 aromatic rings. The van der Waals surface area contributed by atoms with Crippen LogP contribution in [-0.4, -0.2) is 38.0 Å². The summed E-state index contributed by atoms with van der Waals surface area (Å²) in [4.78, 5) is 0. The monoisotopic (exact) mass is 329 g/mol. The first kappa shape index (κ1) is 18.0. The van der Waals surface area contributed by atoms with Gasteiger partial charge in [-0.25, -0.2) is 13.1 Å². The standard InChI is InChI=1S/C15H28BNO4S/c1-11(2)22(18,19)17-13-9-7-12(8-10-13)16-20-14(3,4)15(5,6)21-16/h7,11,13,17H,8-10H2,1-6H3. The number of allylic oxidation sites excluding steroid dienone is 1. The zero-order valence-electron chi connectivity index (χ0n) is 14.5. The zero-order chi connectivity index (χ0) is 16.8. The predicted octanol–water partition coefficient (Wildman–Crippen LogP) is 2.42. The van der Waals surface area contributed by atoms with Crippen molar-refractivity contribution in [2.75, 3.05) is 0 Å². The Kier molecular flexibility index (Phi) is 4.84. The highest BCUT2D eigenvalue weighted by atomic mass is 32.2. The molecule has 1 unspecified atom stereocenters. The van der Waals surface area contributed by atoms with Crippen LogP contribution in [0, 0.1) is 0 Å². The minimum Gasteiger partial charge on any atom is -0.400 e. The van der Waals surface area contributed by atoms with Crippen molar-refractivity contribution in [3.63, 3.8) is 0 Å². The van der Waals surface area contributed by atoms with Crippen molar-refractivity contribution in [3.05, 3.63) is 11.5 Å². The van der Waals surface area contributed by atoms with Crippen LogP contribution in [0.1, 0.15) is 60.8 Å². The van der Waals surface area contributed by atoms with Gasteiger partial charge in [0, 0.05) is 6.04 Å². The average Bonchev–Trinajstić information content (AvgIpc) is 2.58. The maximum absolute atomic E-state index is 11.9. The molecule has 0 amide bonds. The van der Waals surface area contributed by atoms with Gasteiger partial charge in [-0.1, -0.05) is 6.08 Å². The van der Waals surface area contributed by atoms with Crippen LogP contribution in [-0.2, 0) is 19.3 Å². The highest BCUT2D eigenvalue weighted by Gasteiger charge is 2.52. The Morgan fingerprint density at radius 2 is 1.77 bits per heavy atom. The van der Waals surface area contributed by atoms with E-state index in [1.807, 2.05) is 27.7 Å². The third-order valence-corrected chi connectivity index (χ3v) is 6.86. The molecule has 5 nitrogen and oxygen atoms in total. The van der Waals surface area contributed by atoms with Crippen LogP contribution in [0.3, 0.4) is 0 Å². The van der Waals surface area contributed by atoms with E-state index in [-0.39, 0.29) is 24.4 Å². The molecule has 126 valence electrons. The van der Waals surface area contributed by atoms with Gasteiger partial charge in [-0.3, -0.25) is 0 Å². The van der Waals surface area contributed by atoms with Crippen molar-refractivity contribution in [1.82, 2.24) is 4.72 Å². The zero-order valence-corrected chi connectivity index (χ0v) is 15.3. The Bertz CT molecular complexity index is 538. The number of hydrogen-bond acceptors (Lipinski definition) is 4. The molecule has 1 N–H and O–H groups in total. The van der Waals surface area contributed by atoms with E-state index in [0.29, 0.717) is 6.42 Å². The lowest BCUT2D eigenvalue weighted by atomic mass is 9.72. The minimum absolute atomic E-state index is 0.0291. The predicted molar refractivity (Wildman–Crippen MR) is 89.0 cm³/mol. The third-order valence-electron chi connectivity index (χ3n) is 4.95. The van der Waals surface area contributed by atoms with Crippen LogP contribution in [0.15, 0.2) is 11.5 Å². The Labute approximate surface area is 135 Å². The van der Waals surface area contributed by atoms with E-state index < -0.39 is 15.3 Å².